The van der Waals surface area contributed by atoms with Crippen LogP contribution in [0.15, 0.2) is 30.3 Å². The van der Waals surface area contributed by atoms with Gasteiger partial charge >= 0.3 is 5.97 Å². The zero-order chi connectivity index (χ0) is 12.4. The fraction of sp³-hybridized carbons (Fsp3) is 0.385. The molecule has 90 valence electrons. The van der Waals surface area contributed by atoms with Gasteiger partial charge in [0.25, 0.3) is 5.91 Å². The average molecular weight is 233 g/mol. The Morgan fingerprint density at radius 2 is 1.94 bits per heavy atom. The molecule has 2 rings (SSSR count). The van der Waals surface area contributed by atoms with Crippen molar-refractivity contribution in [2.75, 3.05) is 6.54 Å². The van der Waals surface area contributed by atoms with Crippen molar-refractivity contribution < 1.29 is 14.7 Å². The van der Waals surface area contributed by atoms with E-state index in [1.165, 1.54) is 4.90 Å². The van der Waals surface area contributed by atoms with Crippen LogP contribution in [0.2, 0.25) is 0 Å². The number of rotatable bonds is 2. The zero-order valence-electron chi connectivity index (χ0n) is 9.67. The quantitative estimate of drug-likeness (QED) is 0.844. The van der Waals surface area contributed by atoms with Crippen LogP contribution in [0.3, 0.4) is 0 Å². The van der Waals surface area contributed by atoms with Gasteiger partial charge in [-0.1, -0.05) is 25.1 Å². The van der Waals surface area contributed by atoms with E-state index in [1.54, 1.807) is 24.3 Å². The molecular formula is C13H15NO3. The molecule has 0 spiro atoms. The van der Waals surface area contributed by atoms with Gasteiger partial charge in [-0.25, -0.2) is 4.79 Å². The number of nitrogens with zero attached hydrogens (tertiary/aromatic N) is 1. The first-order valence-electron chi connectivity index (χ1n) is 5.70. The normalized spacial score (nSPS) is 23.7. The summed E-state index contributed by atoms with van der Waals surface area (Å²) in [5.41, 5.74) is 0.549. The Balaban J connectivity index is 2.23. The van der Waals surface area contributed by atoms with Gasteiger partial charge in [0, 0.05) is 12.1 Å². The van der Waals surface area contributed by atoms with E-state index >= 15 is 0 Å². The third-order valence-electron chi connectivity index (χ3n) is 3.23. The van der Waals surface area contributed by atoms with Crippen LogP contribution >= 0.6 is 0 Å². The summed E-state index contributed by atoms with van der Waals surface area (Å²) in [7, 11) is 0. The van der Waals surface area contributed by atoms with Crippen LogP contribution in [0.4, 0.5) is 0 Å². The van der Waals surface area contributed by atoms with Gasteiger partial charge in [-0.2, -0.15) is 0 Å². The Kier molecular flexibility index (Phi) is 3.13. The largest absolute Gasteiger partial charge is 0.480 e. The van der Waals surface area contributed by atoms with Crippen LogP contribution < -0.4 is 0 Å². The minimum atomic E-state index is -0.917. The van der Waals surface area contributed by atoms with Crippen molar-refractivity contribution in [2.45, 2.75) is 19.4 Å². The number of carboxylic acid groups (broad SMARTS) is 1. The van der Waals surface area contributed by atoms with Crippen LogP contribution in [0.25, 0.3) is 0 Å². The summed E-state index contributed by atoms with van der Waals surface area (Å²) in [6.45, 7) is 2.39. The minimum absolute atomic E-state index is 0.0140. The maximum Gasteiger partial charge on any atom is 0.326 e. The smallest absolute Gasteiger partial charge is 0.326 e. The van der Waals surface area contributed by atoms with Crippen LogP contribution in [-0.2, 0) is 4.79 Å². The van der Waals surface area contributed by atoms with Crippen LogP contribution in [0.5, 0.6) is 0 Å². The molecule has 17 heavy (non-hydrogen) atoms. The molecule has 1 saturated heterocycles. The second-order valence-electron chi connectivity index (χ2n) is 4.41. The predicted octanol–water partition coefficient (Wildman–Crippen LogP) is 1.62. The Labute approximate surface area is 99.9 Å². The lowest BCUT2D eigenvalue weighted by Gasteiger charge is -2.23. The number of carboxylic acids is 1. The molecule has 0 bridgehead atoms. The van der Waals surface area contributed by atoms with Crippen LogP contribution in [0, 0.1) is 5.92 Å². The predicted molar refractivity (Wildman–Crippen MR) is 62.7 cm³/mol. The molecule has 0 saturated carbocycles. The van der Waals surface area contributed by atoms with Gasteiger partial charge < -0.3 is 10.0 Å². The number of likely N-dealkylation sites (tertiary alicyclic amines) is 1. The molecule has 1 heterocycles. The van der Waals surface area contributed by atoms with Crippen molar-refractivity contribution >= 4 is 11.9 Å². The van der Waals surface area contributed by atoms with Crippen molar-refractivity contribution in [3.63, 3.8) is 0 Å². The zero-order valence-corrected chi connectivity index (χ0v) is 9.67. The van der Waals surface area contributed by atoms with E-state index in [0.717, 1.165) is 6.42 Å². The van der Waals surface area contributed by atoms with Gasteiger partial charge in [0.05, 0.1) is 0 Å². The van der Waals surface area contributed by atoms with Gasteiger partial charge in [-0.15, -0.1) is 0 Å². The summed E-state index contributed by atoms with van der Waals surface area (Å²) in [6.07, 6.45) is 0.746. The molecule has 0 radical (unpaired) electrons. The Hall–Kier alpha value is -1.84. The lowest BCUT2D eigenvalue weighted by molar-refractivity contribution is -0.142. The van der Waals surface area contributed by atoms with Crippen LogP contribution in [0.1, 0.15) is 23.7 Å². The fourth-order valence-corrected chi connectivity index (χ4v) is 2.30. The molecule has 1 N–H and O–H groups in total. The number of hydrogen-bond acceptors (Lipinski definition) is 2. The molecule has 2 atom stereocenters. The SMILES string of the molecule is CC1CCN(C(=O)c2ccccc2)C1C(=O)O. The Morgan fingerprint density at radius 3 is 2.53 bits per heavy atom. The number of carbonyl (C=O) groups excluding carboxylic acids is 1. The topological polar surface area (TPSA) is 57.6 Å². The van der Waals surface area contributed by atoms with E-state index in [2.05, 4.69) is 0 Å². The standard InChI is InChI=1S/C13H15NO3/c1-9-7-8-14(11(9)13(16)17)12(15)10-5-3-2-4-6-10/h2-6,9,11H,7-8H2,1H3,(H,16,17). The van der Waals surface area contributed by atoms with E-state index in [4.69, 9.17) is 5.11 Å². The first-order chi connectivity index (χ1) is 8.11. The van der Waals surface area contributed by atoms with E-state index in [0.29, 0.717) is 12.1 Å². The number of amides is 1. The molecule has 4 heteroatoms. The second kappa shape index (κ2) is 4.57. The molecule has 1 fully saturated rings. The van der Waals surface area contributed by atoms with E-state index in [1.807, 2.05) is 13.0 Å². The summed E-state index contributed by atoms with van der Waals surface area (Å²) in [6, 6.07) is 8.13. The van der Waals surface area contributed by atoms with E-state index in [-0.39, 0.29) is 11.8 Å². The Bertz CT molecular complexity index is 430. The van der Waals surface area contributed by atoms with Crippen molar-refractivity contribution in [2.24, 2.45) is 5.92 Å². The minimum Gasteiger partial charge on any atom is -0.480 e. The molecule has 0 aromatic heterocycles. The van der Waals surface area contributed by atoms with E-state index in [9.17, 15) is 9.59 Å². The van der Waals surface area contributed by atoms with Crippen LogP contribution in [-0.4, -0.2) is 34.5 Å². The molecule has 1 aliphatic rings. The van der Waals surface area contributed by atoms with Crippen molar-refractivity contribution in [1.82, 2.24) is 4.90 Å². The average Bonchev–Trinajstić information content (AvgIpc) is 2.71. The summed E-state index contributed by atoms with van der Waals surface area (Å²) >= 11 is 0. The summed E-state index contributed by atoms with van der Waals surface area (Å²) in [5, 5.41) is 9.16. The van der Waals surface area contributed by atoms with Gasteiger partial charge in [0.15, 0.2) is 0 Å². The highest BCUT2D eigenvalue weighted by Gasteiger charge is 2.39. The highest BCUT2D eigenvalue weighted by molar-refractivity contribution is 5.97. The number of carbonyl (C=O) groups is 2. The molecule has 1 aromatic rings. The summed E-state index contributed by atoms with van der Waals surface area (Å²) in [5.74, 6) is -1.10. The molecule has 1 aliphatic heterocycles. The Morgan fingerprint density at radius 1 is 1.29 bits per heavy atom. The van der Waals surface area contributed by atoms with Gasteiger partial charge in [-0.05, 0) is 24.5 Å². The third-order valence-corrected chi connectivity index (χ3v) is 3.23. The van der Waals surface area contributed by atoms with Gasteiger partial charge in [0.2, 0.25) is 0 Å². The lowest BCUT2D eigenvalue weighted by atomic mass is 10.0. The highest BCUT2D eigenvalue weighted by atomic mass is 16.4. The second-order valence-corrected chi connectivity index (χ2v) is 4.41. The molecule has 1 amide bonds. The van der Waals surface area contributed by atoms with E-state index < -0.39 is 12.0 Å². The first-order valence-corrected chi connectivity index (χ1v) is 5.70. The summed E-state index contributed by atoms with van der Waals surface area (Å²) in [4.78, 5) is 24.8. The summed E-state index contributed by atoms with van der Waals surface area (Å²) < 4.78 is 0. The lowest BCUT2D eigenvalue weighted by Crippen LogP contribution is -2.42. The molecule has 0 aliphatic carbocycles. The van der Waals surface area contributed by atoms with Gasteiger partial charge in [0.1, 0.15) is 6.04 Å². The van der Waals surface area contributed by atoms with Crippen molar-refractivity contribution in [3.05, 3.63) is 35.9 Å². The number of hydrogen-bond donors (Lipinski definition) is 1. The highest BCUT2D eigenvalue weighted by Crippen LogP contribution is 2.25. The molecule has 4 nitrogen and oxygen atoms in total. The molecule has 2 unspecified atom stereocenters. The number of benzene rings is 1. The third kappa shape index (κ3) is 2.16. The maximum atomic E-state index is 12.2. The maximum absolute atomic E-state index is 12.2. The monoisotopic (exact) mass is 233 g/mol. The first kappa shape index (κ1) is 11.6. The number of aliphatic carboxylic acids is 1. The van der Waals surface area contributed by atoms with Gasteiger partial charge in [-0.3, -0.25) is 4.79 Å². The molecule has 1 aromatic carbocycles. The van der Waals surface area contributed by atoms with Crippen molar-refractivity contribution in [1.29, 1.82) is 0 Å². The van der Waals surface area contributed by atoms with Crippen molar-refractivity contribution in [3.8, 4) is 0 Å². The fourth-order valence-electron chi connectivity index (χ4n) is 2.30. The molecular weight excluding hydrogens is 218 g/mol.